The van der Waals surface area contributed by atoms with Gasteiger partial charge in [0.2, 0.25) is 5.13 Å². The van der Waals surface area contributed by atoms with Crippen LogP contribution in [0.15, 0.2) is 24.3 Å². The van der Waals surface area contributed by atoms with Crippen LogP contribution in [-0.4, -0.2) is 27.8 Å². The van der Waals surface area contributed by atoms with Crippen LogP contribution in [0.5, 0.6) is 0 Å². The van der Waals surface area contributed by atoms with Crippen molar-refractivity contribution in [2.75, 3.05) is 18.4 Å². The second-order valence-electron chi connectivity index (χ2n) is 6.19. The second kappa shape index (κ2) is 8.04. The standard InChI is InChI=1S/C17H24N4S2/c1-14-8-7-9-15(12-14)18-16-19-21(17(22)23-16)13-20-10-5-3-2-4-6-11-20/h7-9,12H,2-6,10-11,13H2,1H3,(H,18,19). The molecular formula is C17H24N4S2. The van der Waals surface area contributed by atoms with Crippen molar-refractivity contribution in [3.8, 4) is 0 Å². The summed E-state index contributed by atoms with van der Waals surface area (Å²) in [5.41, 5.74) is 2.30. The number of rotatable bonds is 4. The molecule has 1 N–H and O–H groups in total. The van der Waals surface area contributed by atoms with Crippen molar-refractivity contribution in [2.45, 2.75) is 45.7 Å². The van der Waals surface area contributed by atoms with E-state index in [9.17, 15) is 0 Å². The fourth-order valence-electron chi connectivity index (χ4n) is 2.94. The first kappa shape index (κ1) is 16.6. The molecular weight excluding hydrogens is 324 g/mol. The highest BCUT2D eigenvalue weighted by Gasteiger charge is 2.11. The highest BCUT2D eigenvalue weighted by atomic mass is 32.1. The molecule has 6 heteroatoms. The lowest BCUT2D eigenvalue weighted by Gasteiger charge is -2.23. The fraction of sp³-hybridized carbons (Fsp3) is 0.529. The van der Waals surface area contributed by atoms with Crippen LogP contribution in [0.3, 0.4) is 0 Å². The number of aryl methyl sites for hydroxylation is 1. The highest BCUT2D eigenvalue weighted by Crippen LogP contribution is 2.21. The van der Waals surface area contributed by atoms with Gasteiger partial charge in [0.25, 0.3) is 0 Å². The number of anilines is 2. The lowest BCUT2D eigenvalue weighted by Crippen LogP contribution is -2.30. The van der Waals surface area contributed by atoms with Crippen molar-refractivity contribution in [3.63, 3.8) is 0 Å². The third-order valence-corrected chi connectivity index (χ3v) is 5.38. The minimum absolute atomic E-state index is 0.810. The maximum Gasteiger partial charge on any atom is 0.209 e. The molecule has 4 nitrogen and oxygen atoms in total. The molecule has 1 aliphatic rings. The van der Waals surface area contributed by atoms with Gasteiger partial charge >= 0.3 is 0 Å². The summed E-state index contributed by atoms with van der Waals surface area (Å²) < 4.78 is 2.79. The van der Waals surface area contributed by atoms with Crippen molar-refractivity contribution in [1.29, 1.82) is 0 Å². The first-order valence-corrected chi connectivity index (χ1v) is 9.57. The molecule has 1 fully saturated rings. The summed E-state index contributed by atoms with van der Waals surface area (Å²) in [5, 5.41) is 8.90. The van der Waals surface area contributed by atoms with Gasteiger partial charge in [0.1, 0.15) is 0 Å². The number of nitrogens with one attached hydrogen (secondary N) is 1. The molecule has 1 aliphatic heterocycles. The number of hydrogen-bond donors (Lipinski definition) is 1. The minimum atomic E-state index is 0.810. The Morgan fingerprint density at radius 2 is 1.91 bits per heavy atom. The van der Waals surface area contributed by atoms with Gasteiger partial charge in [0, 0.05) is 5.69 Å². The van der Waals surface area contributed by atoms with Crippen molar-refractivity contribution in [2.24, 2.45) is 0 Å². The van der Waals surface area contributed by atoms with Crippen LogP contribution in [0.1, 0.15) is 37.7 Å². The summed E-state index contributed by atoms with van der Waals surface area (Å²) in [6.45, 7) is 5.21. The monoisotopic (exact) mass is 348 g/mol. The Morgan fingerprint density at radius 1 is 1.17 bits per heavy atom. The molecule has 2 heterocycles. The average molecular weight is 349 g/mol. The summed E-state index contributed by atoms with van der Waals surface area (Å²) in [7, 11) is 0. The number of hydrogen-bond acceptors (Lipinski definition) is 5. The van der Waals surface area contributed by atoms with Gasteiger partial charge in [-0.3, -0.25) is 4.90 Å². The predicted molar refractivity (Wildman–Crippen MR) is 100 cm³/mol. The first-order chi connectivity index (χ1) is 11.2. The van der Waals surface area contributed by atoms with E-state index in [2.05, 4.69) is 40.4 Å². The molecule has 23 heavy (non-hydrogen) atoms. The molecule has 1 aromatic carbocycles. The zero-order chi connectivity index (χ0) is 16.1. The van der Waals surface area contributed by atoms with E-state index < -0.39 is 0 Å². The van der Waals surface area contributed by atoms with E-state index in [1.165, 1.54) is 37.7 Å². The van der Waals surface area contributed by atoms with Crippen molar-refractivity contribution >= 4 is 34.4 Å². The molecule has 0 amide bonds. The van der Waals surface area contributed by atoms with Crippen molar-refractivity contribution < 1.29 is 0 Å². The van der Waals surface area contributed by atoms with Gasteiger partial charge in [-0.15, -0.1) is 5.10 Å². The van der Waals surface area contributed by atoms with Crippen LogP contribution < -0.4 is 5.32 Å². The molecule has 1 aromatic heterocycles. The molecule has 0 saturated carbocycles. The van der Waals surface area contributed by atoms with Gasteiger partial charge in [0.15, 0.2) is 3.95 Å². The van der Waals surface area contributed by atoms with E-state index in [1.807, 2.05) is 10.7 Å². The smallest absolute Gasteiger partial charge is 0.209 e. The quantitative estimate of drug-likeness (QED) is 0.793. The molecule has 2 aromatic rings. The Labute approximate surface area is 147 Å². The number of nitrogens with zero attached hydrogens (tertiary/aromatic N) is 3. The molecule has 0 atom stereocenters. The molecule has 0 unspecified atom stereocenters. The molecule has 0 bridgehead atoms. The van der Waals surface area contributed by atoms with E-state index in [0.717, 1.165) is 34.5 Å². The van der Waals surface area contributed by atoms with Crippen LogP contribution in [0, 0.1) is 10.9 Å². The summed E-state index contributed by atoms with van der Waals surface area (Å²) in [5.74, 6) is 0. The zero-order valence-electron chi connectivity index (χ0n) is 13.6. The third kappa shape index (κ3) is 4.86. The number of likely N-dealkylation sites (tertiary alicyclic amines) is 1. The lowest BCUT2D eigenvalue weighted by atomic mass is 10.1. The van der Waals surface area contributed by atoms with E-state index in [0.29, 0.717) is 0 Å². The van der Waals surface area contributed by atoms with E-state index >= 15 is 0 Å². The summed E-state index contributed by atoms with van der Waals surface area (Å²) in [4.78, 5) is 2.48. The largest absolute Gasteiger partial charge is 0.330 e. The SMILES string of the molecule is Cc1cccc(Nc2nn(CN3CCCCCCC3)c(=S)s2)c1. The van der Waals surface area contributed by atoms with Crippen molar-refractivity contribution in [3.05, 3.63) is 33.8 Å². The Bertz CT molecular complexity index is 684. The van der Waals surface area contributed by atoms with Crippen LogP contribution in [0.2, 0.25) is 0 Å². The number of benzene rings is 1. The van der Waals surface area contributed by atoms with E-state index in [4.69, 9.17) is 12.2 Å². The molecule has 3 rings (SSSR count). The Hall–Kier alpha value is -1.24. The van der Waals surface area contributed by atoms with Gasteiger partial charge in [-0.2, -0.15) is 0 Å². The summed E-state index contributed by atoms with van der Waals surface area (Å²) in [6.07, 6.45) is 6.64. The maximum absolute atomic E-state index is 5.50. The predicted octanol–water partition coefficient (Wildman–Crippen LogP) is 4.95. The molecule has 1 saturated heterocycles. The van der Waals surface area contributed by atoms with Gasteiger partial charge in [-0.25, -0.2) is 4.68 Å². The van der Waals surface area contributed by atoms with Crippen LogP contribution in [0.25, 0.3) is 0 Å². The molecule has 0 radical (unpaired) electrons. The topological polar surface area (TPSA) is 33.1 Å². The van der Waals surface area contributed by atoms with Crippen LogP contribution >= 0.6 is 23.6 Å². The first-order valence-electron chi connectivity index (χ1n) is 8.35. The Kier molecular flexibility index (Phi) is 5.80. The van der Waals surface area contributed by atoms with Crippen molar-refractivity contribution in [1.82, 2.24) is 14.7 Å². The van der Waals surface area contributed by atoms with Gasteiger partial charge < -0.3 is 5.32 Å². The molecule has 0 spiro atoms. The summed E-state index contributed by atoms with van der Waals surface area (Å²) in [6, 6.07) is 8.31. The minimum Gasteiger partial charge on any atom is -0.330 e. The third-order valence-electron chi connectivity index (χ3n) is 4.16. The van der Waals surface area contributed by atoms with Gasteiger partial charge in [-0.05, 0) is 62.8 Å². The Morgan fingerprint density at radius 3 is 2.65 bits per heavy atom. The van der Waals surface area contributed by atoms with Crippen LogP contribution in [0.4, 0.5) is 10.8 Å². The molecule has 0 aliphatic carbocycles. The van der Waals surface area contributed by atoms with E-state index in [1.54, 1.807) is 11.3 Å². The molecule has 124 valence electrons. The Balaban J connectivity index is 1.66. The zero-order valence-corrected chi connectivity index (χ0v) is 15.3. The maximum atomic E-state index is 5.50. The van der Waals surface area contributed by atoms with Crippen LogP contribution in [-0.2, 0) is 6.67 Å². The van der Waals surface area contributed by atoms with E-state index in [-0.39, 0.29) is 0 Å². The fourth-order valence-corrected chi connectivity index (χ4v) is 3.95. The van der Waals surface area contributed by atoms with Gasteiger partial charge in [-0.1, -0.05) is 42.7 Å². The second-order valence-corrected chi connectivity index (χ2v) is 7.82. The highest BCUT2D eigenvalue weighted by molar-refractivity contribution is 7.73. The van der Waals surface area contributed by atoms with Gasteiger partial charge in [0.05, 0.1) is 6.67 Å². The average Bonchev–Trinajstić information content (AvgIpc) is 2.81. The normalized spacial score (nSPS) is 16.7. The lowest BCUT2D eigenvalue weighted by molar-refractivity contribution is 0.189. The number of aromatic nitrogens is 2. The summed E-state index contributed by atoms with van der Waals surface area (Å²) >= 11 is 7.04.